The first-order valence-electron chi connectivity index (χ1n) is 5.55. The van der Waals surface area contributed by atoms with Crippen molar-refractivity contribution in [2.45, 2.75) is 0 Å². The minimum Gasteiger partial charge on any atom is -0.353 e. The van der Waals surface area contributed by atoms with E-state index in [1.54, 1.807) is 6.20 Å². The van der Waals surface area contributed by atoms with Crippen LogP contribution >= 0.6 is 43.5 Å². The Morgan fingerprint density at radius 1 is 1.29 bits per heavy atom. The monoisotopic (exact) mass is 381 g/mol. The van der Waals surface area contributed by atoms with Gasteiger partial charge in [0, 0.05) is 48.7 Å². The van der Waals surface area contributed by atoms with Crippen LogP contribution in [0.4, 0.5) is 5.82 Å². The van der Waals surface area contributed by atoms with Crippen molar-refractivity contribution in [3.05, 3.63) is 21.8 Å². The number of aromatic nitrogens is 1. The Bertz CT molecular complexity index is 381. The van der Waals surface area contributed by atoms with E-state index in [0.717, 1.165) is 48.3 Å². The van der Waals surface area contributed by atoms with Crippen LogP contribution in [0, 0.1) is 0 Å². The number of hydrogen-bond acceptors (Lipinski definition) is 3. The highest BCUT2D eigenvalue weighted by Crippen LogP contribution is 2.26. The standard InChI is InChI=1S/C11H14Br2ClN3/c12-1-2-16-3-5-17(6-4-16)11-10(14)7-9(13)8-15-11/h7-8H,1-6H2. The first-order valence-corrected chi connectivity index (χ1v) is 7.84. The molecule has 2 heterocycles. The summed E-state index contributed by atoms with van der Waals surface area (Å²) >= 11 is 13.0. The fourth-order valence-corrected chi connectivity index (χ4v) is 3.19. The molecule has 0 aromatic carbocycles. The average Bonchev–Trinajstić information content (AvgIpc) is 2.31. The molecule has 17 heavy (non-hydrogen) atoms. The van der Waals surface area contributed by atoms with Crippen LogP contribution in [0.15, 0.2) is 16.7 Å². The summed E-state index contributed by atoms with van der Waals surface area (Å²) in [5.74, 6) is 0.897. The molecule has 6 heteroatoms. The van der Waals surface area contributed by atoms with Crippen molar-refractivity contribution < 1.29 is 0 Å². The number of rotatable bonds is 3. The molecule has 1 fully saturated rings. The van der Waals surface area contributed by atoms with Crippen LogP contribution in [0.1, 0.15) is 0 Å². The molecule has 0 unspecified atom stereocenters. The van der Waals surface area contributed by atoms with Crippen molar-refractivity contribution in [3.8, 4) is 0 Å². The zero-order chi connectivity index (χ0) is 12.3. The van der Waals surface area contributed by atoms with Gasteiger partial charge in [0.25, 0.3) is 0 Å². The Hall–Kier alpha value is 0.160. The van der Waals surface area contributed by atoms with Crippen LogP contribution in [-0.4, -0.2) is 47.9 Å². The van der Waals surface area contributed by atoms with Crippen molar-refractivity contribution in [3.63, 3.8) is 0 Å². The molecule has 1 aromatic rings. The van der Waals surface area contributed by atoms with Gasteiger partial charge in [-0.05, 0) is 22.0 Å². The summed E-state index contributed by atoms with van der Waals surface area (Å²) in [6, 6.07) is 1.90. The van der Waals surface area contributed by atoms with Crippen LogP contribution < -0.4 is 4.90 Å². The summed E-state index contributed by atoms with van der Waals surface area (Å²) in [7, 11) is 0. The third-order valence-electron chi connectivity index (χ3n) is 2.86. The molecular formula is C11H14Br2ClN3. The second kappa shape index (κ2) is 6.36. The summed E-state index contributed by atoms with van der Waals surface area (Å²) in [6.07, 6.45) is 1.80. The molecule has 0 spiro atoms. The molecule has 0 amide bonds. The summed E-state index contributed by atoms with van der Waals surface area (Å²) in [5.41, 5.74) is 0. The SMILES string of the molecule is Clc1cc(Br)cnc1N1CCN(CCBr)CC1. The van der Waals surface area contributed by atoms with Gasteiger partial charge in [-0.25, -0.2) is 4.98 Å². The van der Waals surface area contributed by atoms with E-state index < -0.39 is 0 Å². The van der Waals surface area contributed by atoms with Gasteiger partial charge in [-0.3, -0.25) is 4.90 Å². The van der Waals surface area contributed by atoms with Crippen LogP contribution in [0.2, 0.25) is 5.02 Å². The van der Waals surface area contributed by atoms with E-state index in [0.29, 0.717) is 5.02 Å². The Balaban J connectivity index is 2.00. The molecule has 0 N–H and O–H groups in total. The minimum atomic E-state index is 0.716. The number of hydrogen-bond donors (Lipinski definition) is 0. The van der Waals surface area contributed by atoms with Gasteiger partial charge in [-0.1, -0.05) is 27.5 Å². The molecular weight excluding hydrogens is 369 g/mol. The number of halogens is 3. The quantitative estimate of drug-likeness (QED) is 0.748. The van der Waals surface area contributed by atoms with E-state index in [1.165, 1.54) is 0 Å². The number of alkyl halides is 1. The van der Waals surface area contributed by atoms with E-state index in [4.69, 9.17) is 11.6 Å². The Morgan fingerprint density at radius 2 is 2.00 bits per heavy atom. The maximum absolute atomic E-state index is 6.21. The number of anilines is 1. The van der Waals surface area contributed by atoms with Crippen molar-refractivity contribution in [1.29, 1.82) is 0 Å². The van der Waals surface area contributed by atoms with Crippen molar-refractivity contribution in [2.24, 2.45) is 0 Å². The molecule has 1 aromatic heterocycles. The molecule has 2 rings (SSSR count). The predicted molar refractivity (Wildman–Crippen MR) is 79.4 cm³/mol. The topological polar surface area (TPSA) is 19.4 Å². The molecule has 1 aliphatic heterocycles. The predicted octanol–water partition coefficient (Wildman–Crippen LogP) is 3.01. The Kier molecular flexibility index (Phi) is 5.09. The van der Waals surface area contributed by atoms with Crippen LogP contribution in [-0.2, 0) is 0 Å². The van der Waals surface area contributed by atoms with Gasteiger partial charge in [0.05, 0.1) is 5.02 Å². The molecule has 3 nitrogen and oxygen atoms in total. The van der Waals surface area contributed by atoms with Gasteiger partial charge in [0.1, 0.15) is 5.82 Å². The molecule has 0 saturated carbocycles. The third kappa shape index (κ3) is 3.56. The fraction of sp³-hybridized carbons (Fsp3) is 0.545. The van der Waals surface area contributed by atoms with E-state index in [1.807, 2.05) is 6.07 Å². The number of piperazine rings is 1. The van der Waals surface area contributed by atoms with Gasteiger partial charge >= 0.3 is 0 Å². The highest BCUT2D eigenvalue weighted by Gasteiger charge is 2.19. The van der Waals surface area contributed by atoms with E-state index >= 15 is 0 Å². The summed E-state index contributed by atoms with van der Waals surface area (Å²) < 4.78 is 0.921. The summed E-state index contributed by atoms with van der Waals surface area (Å²) in [6.45, 7) is 5.22. The smallest absolute Gasteiger partial charge is 0.147 e. The molecule has 1 aliphatic rings. The second-order valence-corrected chi connectivity index (χ2v) is 6.09. The average molecular weight is 384 g/mol. The van der Waals surface area contributed by atoms with E-state index in [2.05, 4.69) is 46.6 Å². The lowest BCUT2D eigenvalue weighted by Crippen LogP contribution is -2.47. The molecule has 94 valence electrons. The van der Waals surface area contributed by atoms with Crippen LogP contribution in [0.25, 0.3) is 0 Å². The summed E-state index contributed by atoms with van der Waals surface area (Å²) in [5, 5.41) is 1.75. The molecule has 0 bridgehead atoms. The normalized spacial score (nSPS) is 17.5. The first-order chi connectivity index (χ1) is 8.20. The molecule has 1 saturated heterocycles. The highest BCUT2D eigenvalue weighted by molar-refractivity contribution is 9.10. The van der Waals surface area contributed by atoms with E-state index in [9.17, 15) is 0 Å². The Morgan fingerprint density at radius 3 is 2.59 bits per heavy atom. The molecule has 0 aliphatic carbocycles. The van der Waals surface area contributed by atoms with Gasteiger partial charge in [-0.2, -0.15) is 0 Å². The first kappa shape index (κ1) is 13.6. The van der Waals surface area contributed by atoms with Gasteiger partial charge in [-0.15, -0.1) is 0 Å². The Labute approximate surface area is 123 Å². The zero-order valence-electron chi connectivity index (χ0n) is 9.37. The van der Waals surface area contributed by atoms with Gasteiger partial charge in [0.15, 0.2) is 0 Å². The zero-order valence-corrected chi connectivity index (χ0v) is 13.3. The fourth-order valence-electron chi connectivity index (χ4n) is 1.94. The van der Waals surface area contributed by atoms with Crippen molar-refractivity contribution >= 4 is 49.3 Å². The lowest BCUT2D eigenvalue weighted by molar-refractivity contribution is 0.273. The third-order valence-corrected chi connectivity index (χ3v) is 3.93. The van der Waals surface area contributed by atoms with Crippen molar-refractivity contribution in [1.82, 2.24) is 9.88 Å². The minimum absolute atomic E-state index is 0.716. The van der Waals surface area contributed by atoms with Gasteiger partial charge in [0.2, 0.25) is 0 Å². The van der Waals surface area contributed by atoms with E-state index in [-0.39, 0.29) is 0 Å². The lowest BCUT2D eigenvalue weighted by Gasteiger charge is -2.35. The van der Waals surface area contributed by atoms with Gasteiger partial charge < -0.3 is 4.90 Å². The lowest BCUT2D eigenvalue weighted by atomic mass is 10.3. The van der Waals surface area contributed by atoms with Crippen LogP contribution in [0.3, 0.4) is 0 Å². The van der Waals surface area contributed by atoms with Crippen molar-refractivity contribution in [2.75, 3.05) is 43.0 Å². The largest absolute Gasteiger partial charge is 0.353 e. The maximum Gasteiger partial charge on any atom is 0.147 e. The summed E-state index contributed by atoms with van der Waals surface area (Å²) in [4.78, 5) is 9.08. The number of pyridine rings is 1. The maximum atomic E-state index is 6.21. The molecule has 0 radical (unpaired) electrons. The highest BCUT2D eigenvalue weighted by atomic mass is 79.9. The molecule has 0 atom stereocenters. The number of nitrogens with zero attached hydrogens (tertiary/aromatic N) is 3. The van der Waals surface area contributed by atoms with Crippen LogP contribution in [0.5, 0.6) is 0 Å². The second-order valence-electron chi connectivity index (χ2n) is 3.98.